The van der Waals surface area contributed by atoms with Crippen LogP contribution >= 0.6 is 0 Å². The fourth-order valence-electron chi connectivity index (χ4n) is 7.51. The van der Waals surface area contributed by atoms with Crippen LogP contribution in [-0.2, 0) is 42.9 Å². The zero-order valence-electron chi connectivity index (χ0n) is 26.2. The molecule has 240 valence electrons. The number of fused-ring (bicyclic) bond motifs is 1. The van der Waals surface area contributed by atoms with Gasteiger partial charge in [-0.25, -0.2) is 4.79 Å². The average molecular weight is 607 g/mol. The van der Waals surface area contributed by atoms with Gasteiger partial charge in [0.2, 0.25) is 0 Å². The minimum atomic E-state index is -1.63. The lowest BCUT2D eigenvalue weighted by molar-refractivity contribution is -0.214. The number of hydrogen-bond acceptors (Lipinski definition) is 11. The zero-order valence-corrected chi connectivity index (χ0v) is 26.2. The summed E-state index contributed by atoms with van der Waals surface area (Å²) in [4.78, 5) is 51.0. The Morgan fingerprint density at radius 3 is 2.23 bits per heavy atom. The molecule has 2 aliphatic carbocycles. The average Bonchev–Trinajstić information content (AvgIpc) is 3.52. The highest BCUT2D eigenvalue weighted by Crippen LogP contribution is 2.64. The first kappa shape index (κ1) is 33.1. The highest BCUT2D eigenvalue weighted by atomic mass is 16.7. The summed E-state index contributed by atoms with van der Waals surface area (Å²) in [5.41, 5.74) is -3.48. The molecule has 2 heterocycles. The summed E-state index contributed by atoms with van der Waals surface area (Å²) in [7, 11) is 0. The maximum absolute atomic E-state index is 13.1. The first-order valence-electron chi connectivity index (χ1n) is 15.3. The molecule has 10 unspecified atom stereocenters. The quantitative estimate of drug-likeness (QED) is 0.130. The van der Waals surface area contributed by atoms with Crippen molar-refractivity contribution in [1.29, 1.82) is 0 Å². The van der Waals surface area contributed by atoms with E-state index in [0.717, 1.165) is 25.7 Å². The summed E-state index contributed by atoms with van der Waals surface area (Å²) in [6.07, 6.45) is 0.430. The van der Waals surface area contributed by atoms with Crippen LogP contribution in [0, 0.1) is 11.3 Å². The van der Waals surface area contributed by atoms with Crippen LogP contribution in [0.1, 0.15) is 93.4 Å². The Labute approximate surface area is 252 Å². The van der Waals surface area contributed by atoms with Crippen LogP contribution in [0.4, 0.5) is 0 Å². The maximum Gasteiger partial charge on any atom is 0.342 e. The third-order valence-electron chi connectivity index (χ3n) is 9.83. The molecule has 2 N–H and O–H groups in total. The molecule has 0 amide bonds. The monoisotopic (exact) mass is 606 g/mol. The lowest BCUT2D eigenvalue weighted by Crippen LogP contribution is -2.65. The number of aliphatic hydroxyl groups excluding tert-OH is 2. The Kier molecular flexibility index (Phi) is 9.50. The summed E-state index contributed by atoms with van der Waals surface area (Å²) in [6, 6.07) is 0. The van der Waals surface area contributed by atoms with E-state index in [1.807, 2.05) is 6.08 Å². The van der Waals surface area contributed by atoms with Crippen LogP contribution in [0.5, 0.6) is 0 Å². The molecule has 1 spiro atoms. The smallest absolute Gasteiger partial charge is 0.342 e. The Morgan fingerprint density at radius 2 is 1.63 bits per heavy atom. The van der Waals surface area contributed by atoms with Gasteiger partial charge in [0.1, 0.15) is 18.3 Å². The maximum atomic E-state index is 13.1. The topological polar surface area (TPSA) is 158 Å². The summed E-state index contributed by atoms with van der Waals surface area (Å²) < 4.78 is 29.2. The van der Waals surface area contributed by atoms with E-state index >= 15 is 0 Å². The van der Waals surface area contributed by atoms with Crippen molar-refractivity contribution in [1.82, 2.24) is 0 Å². The van der Waals surface area contributed by atoms with Crippen molar-refractivity contribution >= 4 is 23.9 Å². The Hall–Kier alpha value is -2.76. The normalized spacial score (nSPS) is 40.0. The van der Waals surface area contributed by atoms with Crippen molar-refractivity contribution in [3.05, 3.63) is 23.3 Å². The van der Waals surface area contributed by atoms with Gasteiger partial charge in [0, 0.05) is 32.6 Å². The van der Waals surface area contributed by atoms with Gasteiger partial charge in [-0.05, 0) is 38.8 Å². The third kappa shape index (κ3) is 5.64. The first-order chi connectivity index (χ1) is 20.1. The van der Waals surface area contributed by atoms with Gasteiger partial charge < -0.3 is 33.9 Å². The Bertz CT molecular complexity index is 1190. The van der Waals surface area contributed by atoms with Crippen LogP contribution in [0.15, 0.2) is 23.3 Å². The van der Waals surface area contributed by atoms with Crippen LogP contribution in [0.3, 0.4) is 0 Å². The van der Waals surface area contributed by atoms with Gasteiger partial charge in [-0.1, -0.05) is 51.2 Å². The number of aliphatic hydroxyl groups is 2. The van der Waals surface area contributed by atoms with Crippen molar-refractivity contribution in [3.63, 3.8) is 0 Å². The number of epoxide rings is 1. The lowest BCUT2D eigenvalue weighted by Gasteiger charge is -2.53. The van der Waals surface area contributed by atoms with Gasteiger partial charge in [-0.15, -0.1) is 0 Å². The van der Waals surface area contributed by atoms with Gasteiger partial charge in [0.15, 0.2) is 23.4 Å². The first-order valence-corrected chi connectivity index (χ1v) is 15.3. The summed E-state index contributed by atoms with van der Waals surface area (Å²) in [5, 5.41) is 24.2. The van der Waals surface area contributed by atoms with E-state index in [9.17, 15) is 29.4 Å². The fourth-order valence-corrected chi connectivity index (χ4v) is 7.51. The number of esters is 4. The van der Waals surface area contributed by atoms with E-state index in [0.29, 0.717) is 17.6 Å². The van der Waals surface area contributed by atoms with Crippen molar-refractivity contribution in [2.75, 3.05) is 0 Å². The van der Waals surface area contributed by atoms with Crippen LogP contribution in [0.25, 0.3) is 0 Å². The van der Waals surface area contributed by atoms with Crippen LogP contribution in [0.2, 0.25) is 0 Å². The van der Waals surface area contributed by atoms with Crippen molar-refractivity contribution in [3.8, 4) is 0 Å². The molecule has 0 radical (unpaired) electrons. The minimum absolute atomic E-state index is 0.124. The molecule has 4 aliphatic rings. The Morgan fingerprint density at radius 1 is 0.977 bits per heavy atom. The highest BCUT2D eigenvalue weighted by Gasteiger charge is 2.86. The SMILES string of the molecule is CCCCCCCC(=O)OC1C(C)=CC2OC(=O)C3(C)OC23C(O)C2C(C)=CCC(OC(C)=O)C2(C)C(OC(C)=O)C1O. The van der Waals surface area contributed by atoms with Gasteiger partial charge in [-0.3, -0.25) is 14.4 Å². The molecule has 0 aromatic carbocycles. The molecule has 0 bridgehead atoms. The number of carbonyl (C=O) groups excluding carboxylic acids is 4. The second kappa shape index (κ2) is 12.3. The molecule has 10 atom stereocenters. The van der Waals surface area contributed by atoms with Gasteiger partial charge in [0.25, 0.3) is 0 Å². The molecule has 11 nitrogen and oxygen atoms in total. The van der Waals surface area contributed by atoms with E-state index in [4.69, 9.17) is 23.7 Å². The summed E-state index contributed by atoms with van der Waals surface area (Å²) >= 11 is 0. The molecular formula is C32H46O11. The number of hydrogen-bond donors (Lipinski definition) is 2. The third-order valence-corrected chi connectivity index (χ3v) is 9.83. The molecule has 11 heteroatoms. The number of carbonyl (C=O) groups is 4. The van der Waals surface area contributed by atoms with Gasteiger partial charge in [-0.2, -0.15) is 0 Å². The predicted molar refractivity (Wildman–Crippen MR) is 152 cm³/mol. The van der Waals surface area contributed by atoms with E-state index in [-0.39, 0.29) is 12.8 Å². The number of rotatable bonds is 9. The molecule has 4 rings (SSSR count). The van der Waals surface area contributed by atoms with E-state index in [2.05, 4.69) is 6.92 Å². The van der Waals surface area contributed by atoms with E-state index in [1.54, 1.807) is 27.7 Å². The number of ether oxygens (including phenoxy) is 5. The molecule has 43 heavy (non-hydrogen) atoms. The van der Waals surface area contributed by atoms with Crippen molar-refractivity contribution in [2.45, 2.75) is 141 Å². The van der Waals surface area contributed by atoms with Crippen LogP contribution in [-0.4, -0.2) is 81.9 Å². The zero-order chi connectivity index (χ0) is 31.9. The second-order valence-electron chi connectivity index (χ2n) is 12.8. The van der Waals surface area contributed by atoms with Gasteiger partial charge in [0.05, 0.1) is 11.5 Å². The Balaban J connectivity index is 1.85. The van der Waals surface area contributed by atoms with Crippen molar-refractivity contribution < 1.29 is 53.1 Å². The lowest BCUT2D eigenvalue weighted by atomic mass is 9.56. The molecule has 2 saturated heterocycles. The molecule has 2 fully saturated rings. The van der Waals surface area contributed by atoms with Gasteiger partial charge >= 0.3 is 23.9 Å². The highest BCUT2D eigenvalue weighted by molar-refractivity contribution is 5.89. The van der Waals surface area contributed by atoms with Crippen molar-refractivity contribution in [2.24, 2.45) is 11.3 Å². The molecule has 0 aromatic rings. The minimum Gasteiger partial charge on any atom is -0.461 e. The fraction of sp³-hybridized carbons (Fsp3) is 0.750. The van der Waals surface area contributed by atoms with E-state index < -0.39 is 83.0 Å². The van der Waals surface area contributed by atoms with Crippen LogP contribution < -0.4 is 0 Å². The molecule has 2 aliphatic heterocycles. The molecule has 0 saturated carbocycles. The molecular weight excluding hydrogens is 560 g/mol. The second-order valence-corrected chi connectivity index (χ2v) is 12.8. The number of unbranched alkanes of at least 4 members (excludes halogenated alkanes) is 4. The predicted octanol–water partition coefficient (Wildman–Crippen LogP) is 3.23. The largest absolute Gasteiger partial charge is 0.461 e. The standard InChI is InChI=1S/C32H46O11/c1-8-9-10-11-12-13-23(35)42-26-18(3)16-22-32(31(7,43-32)29(38)41-22)27(37)24-17(2)14-15-21(39-19(4)33)30(24,6)28(25(26)36)40-20(5)34/h14,16,21-22,24-28,36-37H,8-13,15H2,1-7H3. The summed E-state index contributed by atoms with van der Waals surface area (Å²) in [6.45, 7) is 11.1. The molecule has 0 aromatic heterocycles. The van der Waals surface area contributed by atoms with E-state index in [1.165, 1.54) is 19.9 Å². The summed E-state index contributed by atoms with van der Waals surface area (Å²) in [5.74, 6) is -3.48.